The molecule has 1 aliphatic carbocycles. The van der Waals surface area contributed by atoms with E-state index < -0.39 is 5.60 Å². The van der Waals surface area contributed by atoms with Crippen LogP contribution in [0.1, 0.15) is 36.2 Å². The van der Waals surface area contributed by atoms with E-state index in [0.29, 0.717) is 5.69 Å². The van der Waals surface area contributed by atoms with E-state index in [1.54, 1.807) is 7.11 Å². The first kappa shape index (κ1) is 13.6. The van der Waals surface area contributed by atoms with Gasteiger partial charge in [0.1, 0.15) is 11.4 Å². The monoisotopic (exact) mass is 300 g/mol. The van der Waals surface area contributed by atoms with Gasteiger partial charge in [-0.05, 0) is 49.9 Å². The SMILES string of the molecule is COc1ccc2[nH]c(C(=O)N3CCCC3C3(O)CC3)cc2c1. The molecule has 116 valence electrons. The van der Waals surface area contributed by atoms with Gasteiger partial charge in [-0.2, -0.15) is 0 Å². The largest absolute Gasteiger partial charge is 0.497 e. The van der Waals surface area contributed by atoms with E-state index in [1.165, 1.54) is 0 Å². The zero-order valence-corrected chi connectivity index (χ0v) is 12.6. The van der Waals surface area contributed by atoms with Crippen LogP contribution in [0.25, 0.3) is 10.9 Å². The maximum absolute atomic E-state index is 12.8. The van der Waals surface area contributed by atoms with Gasteiger partial charge in [-0.25, -0.2) is 0 Å². The molecule has 2 N–H and O–H groups in total. The number of hydrogen-bond donors (Lipinski definition) is 2. The molecule has 1 atom stereocenters. The molecule has 1 aromatic carbocycles. The summed E-state index contributed by atoms with van der Waals surface area (Å²) in [6.07, 6.45) is 3.49. The van der Waals surface area contributed by atoms with Crippen LogP contribution in [0.2, 0.25) is 0 Å². The molecule has 5 heteroatoms. The number of nitrogens with one attached hydrogen (secondary N) is 1. The van der Waals surface area contributed by atoms with E-state index in [1.807, 2.05) is 29.2 Å². The van der Waals surface area contributed by atoms with Gasteiger partial charge in [0.15, 0.2) is 0 Å². The maximum Gasteiger partial charge on any atom is 0.270 e. The Labute approximate surface area is 128 Å². The fourth-order valence-corrected chi connectivity index (χ4v) is 3.54. The number of carbonyl (C=O) groups is 1. The number of aromatic nitrogens is 1. The number of hydrogen-bond acceptors (Lipinski definition) is 3. The fraction of sp³-hybridized carbons (Fsp3) is 0.471. The third-order valence-electron chi connectivity index (χ3n) is 4.95. The number of benzene rings is 1. The van der Waals surface area contributed by atoms with Crippen LogP contribution in [-0.2, 0) is 0 Å². The molecule has 2 aliphatic rings. The summed E-state index contributed by atoms with van der Waals surface area (Å²) in [5, 5.41) is 11.3. The highest BCUT2D eigenvalue weighted by molar-refractivity contribution is 5.98. The quantitative estimate of drug-likeness (QED) is 0.914. The van der Waals surface area contributed by atoms with E-state index in [9.17, 15) is 9.90 Å². The Balaban J connectivity index is 1.64. The predicted molar refractivity (Wildman–Crippen MR) is 83.1 cm³/mol. The minimum absolute atomic E-state index is 0.0157. The number of methoxy groups -OCH3 is 1. The van der Waals surface area contributed by atoms with Gasteiger partial charge in [0.2, 0.25) is 0 Å². The number of H-pyrrole nitrogens is 1. The van der Waals surface area contributed by atoms with Gasteiger partial charge in [0.05, 0.1) is 18.8 Å². The van der Waals surface area contributed by atoms with Crippen LogP contribution < -0.4 is 4.74 Å². The molecular weight excluding hydrogens is 280 g/mol. The Kier molecular flexibility index (Phi) is 2.94. The van der Waals surface area contributed by atoms with Crippen molar-refractivity contribution in [3.63, 3.8) is 0 Å². The van der Waals surface area contributed by atoms with Crippen LogP contribution in [-0.4, -0.2) is 46.2 Å². The van der Waals surface area contributed by atoms with Crippen LogP contribution in [0, 0.1) is 0 Å². The van der Waals surface area contributed by atoms with Crippen LogP contribution in [0.3, 0.4) is 0 Å². The van der Waals surface area contributed by atoms with Crippen molar-refractivity contribution in [1.82, 2.24) is 9.88 Å². The molecule has 2 aromatic rings. The lowest BCUT2D eigenvalue weighted by molar-refractivity contribution is 0.0383. The van der Waals surface area contributed by atoms with E-state index in [4.69, 9.17) is 4.74 Å². The van der Waals surface area contributed by atoms with Crippen molar-refractivity contribution in [3.8, 4) is 5.75 Å². The van der Waals surface area contributed by atoms with Crippen molar-refractivity contribution in [3.05, 3.63) is 30.0 Å². The molecule has 1 amide bonds. The highest BCUT2D eigenvalue weighted by Gasteiger charge is 2.52. The number of ether oxygens (including phenoxy) is 1. The zero-order valence-electron chi connectivity index (χ0n) is 12.6. The number of nitrogens with zero attached hydrogens (tertiary/aromatic N) is 1. The third kappa shape index (κ3) is 2.08. The van der Waals surface area contributed by atoms with Gasteiger partial charge < -0.3 is 19.7 Å². The summed E-state index contributed by atoms with van der Waals surface area (Å²) in [7, 11) is 1.63. The van der Waals surface area contributed by atoms with Gasteiger partial charge >= 0.3 is 0 Å². The molecule has 0 radical (unpaired) electrons. The highest BCUT2D eigenvalue weighted by atomic mass is 16.5. The Morgan fingerprint density at radius 1 is 1.41 bits per heavy atom. The summed E-state index contributed by atoms with van der Waals surface area (Å²) < 4.78 is 5.22. The van der Waals surface area contributed by atoms with Gasteiger partial charge in [-0.15, -0.1) is 0 Å². The van der Waals surface area contributed by atoms with Crippen molar-refractivity contribution in [2.75, 3.05) is 13.7 Å². The van der Waals surface area contributed by atoms with Crippen molar-refractivity contribution in [2.24, 2.45) is 0 Å². The van der Waals surface area contributed by atoms with Gasteiger partial charge in [0.25, 0.3) is 5.91 Å². The summed E-state index contributed by atoms with van der Waals surface area (Å²) in [6, 6.07) is 7.55. The highest BCUT2D eigenvalue weighted by Crippen LogP contribution is 2.45. The van der Waals surface area contributed by atoms with Crippen LogP contribution >= 0.6 is 0 Å². The molecule has 1 unspecified atom stereocenters. The molecule has 1 saturated heterocycles. The third-order valence-corrected chi connectivity index (χ3v) is 4.95. The number of aromatic amines is 1. The summed E-state index contributed by atoms with van der Waals surface area (Å²) >= 11 is 0. The molecular formula is C17H20N2O3. The van der Waals surface area contributed by atoms with E-state index in [0.717, 1.165) is 48.9 Å². The summed E-state index contributed by atoms with van der Waals surface area (Å²) in [6.45, 7) is 0.727. The summed E-state index contributed by atoms with van der Waals surface area (Å²) in [4.78, 5) is 17.8. The second kappa shape index (κ2) is 4.74. The molecule has 1 aliphatic heterocycles. The number of fused-ring (bicyclic) bond motifs is 1. The van der Waals surface area contributed by atoms with Crippen molar-refractivity contribution >= 4 is 16.8 Å². The van der Waals surface area contributed by atoms with E-state index in [-0.39, 0.29) is 11.9 Å². The second-order valence-corrected chi connectivity index (χ2v) is 6.40. The number of likely N-dealkylation sites (tertiary alicyclic amines) is 1. The molecule has 1 aromatic heterocycles. The number of rotatable bonds is 3. The molecule has 4 rings (SSSR count). The maximum atomic E-state index is 12.8. The number of aliphatic hydroxyl groups is 1. The zero-order chi connectivity index (χ0) is 15.3. The van der Waals surface area contributed by atoms with Crippen molar-refractivity contribution in [1.29, 1.82) is 0 Å². The minimum atomic E-state index is -0.638. The molecule has 1 saturated carbocycles. The van der Waals surface area contributed by atoms with Gasteiger partial charge in [-0.1, -0.05) is 0 Å². The summed E-state index contributed by atoms with van der Waals surface area (Å²) in [5.41, 5.74) is 0.867. The summed E-state index contributed by atoms with van der Waals surface area (Å²) in [5.74, 6) is 0.759. The Hall–Kier alpha value is -2.01. The Bertz CT molecular complexity index is 733. The first-order valence-electron chi connectivity index (χ1n) is 7.81. The molecule has 5 nitrogen and oxygen atoms in total. The molecule has 2 fully saturated rings. The van der Waals surface area contributed by atoms with Crippen LogP contribution in [0.5, 0.6) is 5.75 Å². The average molecular weight is 300 g/mol. The molecule has 22 heavy (non-hydrogen) atoms. The minimum Gasteiger partial charge on any atom is -0.497 e. The van der Waals surface area contributed by atoms with Crippen molar-refractivity contribution in [2.45, 2.75) is 37.3 Å². The molecule has 2 heterocycles. The van der Waals surface area contributed by atoms with Crippen LogP contribution in [0.15, 0.2) is 24.3 Å². The average Bonchev–Trinajstić information content (AvgIpc) is 2.98. The fourth-order valence-electron chi connectivity index (χ4n) is 3.54. The van der Waals surface area contributed by atoms with Gasteiger partial charge in [-0.3, -0.25) is 4.79 Å². The number of carbonyl (C=O) groups excluding carboxylic acids is 1. The lowest BCUT2D eigenvalue weighted by Crippen LogP contribution is -2.44. The lowest BCUT2D eigenvalue weighted by atomic mass is 10.1. The van der Waals surface area contributed by atoms with Crippen molar-refractivity contribution < 1.29 is 14.6 Å². The van der Waals surface area contributed by atoms with Gasteiger partial charge in [0, 0.05) is 17.4 Å². The molecule has 0 bridgehead atoms. The first-order chi connectivity index (χ1) is 10.6. The second-order valence-electron chi connectivity index (χ2n) is 6.40. The molecule has 0 spiro atoms. The lowest BCUT2D eigenvalue weighted by Gasteiger charge is -2.28. The number of amides is 1. The smallest absolute Gasteiger partial charge is 0.270 e. The Morgan fingerprint density at radius 2 is 2.23 bits per heavy atom. The van der Waals surface area contributed by atoms with E-state index >= 15 is 0 Å². The predicted octanol–water partition coefficient (Wildman–Crippen LogP) is 2.31. The topological polar surface area (TPSA) is 65.6 Å². The normalized spacial score (nSPS) is 23.0. The Morgan fingerprint density at radius 3 is 2.95 bits per heavy atom. The van der Waals surface area contributed by atoms with E-state index in [2.05, 4.69) is 4.98 Å². The standard InChI is InChI=1S/C17H20N2O3/c1-22-12-4-5-13-11(9-12)10-14(18-13)16(20)19-8-2-3-15(19)17(21)6-7-17/h4-5,9-10,15,18,21H,2-3,6-8H2,1H3. The van der Waals surface area contributed by atoms with Crippen LogP contribution in [0.4, 0.5) is 0 Å². The first-order valence-corrected chi connectivity index (χ1v) is 7.81.